The van der Waals surface area contributed by atoms with E-state index in [-0.39, 0.29) is 200 Å². The summed E-state index contributed by atoms with van der Waals surface area (Å²) in [7, 11) is 0. The van der Waals surface area contributed by atoms with Gasteiger partial charge in [-0.25, -0.2) is 0 Å². The van der Waals surface area contributed by atoms with E-state index in [1.54, 1.807) is 0 Å². The van der Waals surface area contributed by atoms with Gasteiger partial charge in [-0.2, -0.15) is 0 Å². The van der Waals surface area contributed by atoms with Gasteiger partial charge in [-0.15, -0.1) is 0 Å². The van der Waals surface area contributed by atoms with Crippen molar-refractivity contribution in [3.8, 4) is 0 Å². The molecule has 0 aromatic heterocycles. The Morgan fingerprint density at radius 2 is 0.562 bits per heavy atom. The molecule has 0 aliphatic rings. The average Bonchev–Trinajstić information content (AvgIpc) is 1.39. The van der Waals surface area contributed by atoms with Crippen LogP contribution in [0.15, 0.2) is 0 Å². The molecule has 84 valence electrons. The summed E-state index contributed by atoms with van der Waals surface area (Å²) in [5.41, 5.74) is 0. The van der Waals surface area contributed by atoms with Gasteiger partial charge in [-0.05, 0) is 0 Å². The molecule has 0 amide bonds. The summed E-state index contributed by atoms with van der Waals surface area (Å²) in [6.45, 7) is 0. The molecule has 0 unspecified atom stereocenters. The molecule has 0 aliphatic carbocycles. The molecule has 0 bridgehead atoms. The normalized spacial score (nSPS) is 1.50. The molecule has 0 saturated heterocycles. The van der Waals surface area contributed by atoms with Crippen LogP contribution in [0.25, 0.3) is 0 Å². The second-order valence-electron chi connectivity index (χ2n) is 0.167. The Hall–Kier alpha value is 6.63. The number of hydrogen-bond donors (Lipinski definition) is 0. The standard InChI is InChI=1S/2GeO2.2GeH3.6GeH2.2Na/c2*2-1-3;;;;;;;;;;/h;;2*1H3;6*1H2;;/q2*-1;;;;;;;;;2*+1. The Labute approximate surface area is 241 Å². The Balaban J connectivity index is -0.00000000123. The third kappa shape index (κ3) is 181. The summed E-state index contributed by atoms with van der Waals surface area (Å²) in [5, 5.41) is 0. The molecule has 0 aliphatic heterocycles. The Bertz CT molecular complexity index is 41.8. The summed E-state index contributed by atoms with van der Waals surface area (Å²) in [6.07, 6.45) is 0. The third-order valence-corrected chi connectivity index (χ3v) is 0. The van der Waals surface area contributed by atoms with Gasteiger partial charge in [0.05, 0.1) is 0 Å². The first-order valence-corrected chi connectivity index (χ1v) is 4.24. The van der Waals surface area contributed by atoms with Crippen molar-refractivity contribution in [3.05, 3.63) is 0 Å². The van der Waals surface area contributed by atoms with E-state index < -0.39 is 31.4 Å². The van der Waals surface area contributed by atoms with Crippen molar-refractivity contribution >= 4 is 172 Å². The van der Waals surface area contributed by atoms with Gasteiger partial charge in [0.1, 0.15) is 0 Å². The van der Waals surface area contributed by atoms with Crippen molar-refractivity contribution in [2.24, 2.45) is 0 Å². The van der Waals surface area contributed by atoms with Crippen LogP contribution in [0.2, 0.25) is 0 Å². The van der Waals surface area contributed by atoms with Gasteiger partial charge in [0, 0.05) is 0 Å². The van der Waals surface area contributed by atoms with Gasteiger partial charge in [0.15, 0.2) is 0 Å². The predicted octanol–water partition coefficient (Wildman–Crippen LogP) is -17.2. The maximum absolute atomic E-state index is 8.50. The van der Waals surface area contributed by atoms with Crippen LogP contribution in [0.4, 0.5) is 0 Å². The molecule has 16 heteroatoms. The topological polar surface area (TPSA) is 80.3 Å². The minimum absolute atomic E-state index is 0. The molecule has 0 spiro atoms. The second-order valence-corrected chi connectivity index (χ2v) is 0.866. The van der Waals surface area contributed by atoms with E-state index in [9.17, 15) is 0 Å². The maximum atomic E-state index is 8.50. The molecule has 0 aromatic carbocycles. The van der Waals surface area contributed by atoms with Crippen LogP contribution in [-0.4, -0.2) is 172 Å². The number of rotatable bonds is 0. The molecule has 0 fully saturated rings. The molecule has 4 nitrogen and oxygen atoms in total. The molecular weight excluding hydrogens is 836 g/mol. The van der Waals surface area contributed by atoms with E-state index in [1.165, 1.54) is 0 Å². The third-order valence-electron chi connectivity index (χ3n) is 0. The average molecular weight is 854 g/mol. The summed E-state index contributed by atoms with van der Waals surface area (Å²) >= 11 is -4.00. The molecule has 0 N–H and O–H groups in total. The van der Waals surface area contributed by atoms with Gasteiger partial charge in [0.25, 0.3) is 0 Å². The first-order valence-electron chi connectivity index (χ1n) is 0.816. The van der Waals surface area contributed by atoms with Crippen LogP contribution >= 0.6 is 0 Å². The van der Waals surface area contributed by atoms with Crippen molar-refractivity contribution in [2.45, 2.75) is 0 Å². The zero-order valence-electron chi connectivity index (χ0n) is 10.9. The van der Waals surface area contributed by atoms with E-state index in [0.29, 0.717) is 0 Å². The van der Waals surface area contributed by atoms with Crippen LogP contribution in [0.5, 0.6) is 0 Å². The van der Waals surface area contributed by atoms with Gasteiger partial charge >= 0.3 is 247 Å². The van der Waals surface area contributed by atoms with Crippen LogP contribution < -0.4 is 67.4 Å². The first kappa shape index (κ1) is 93.7. The fourth-order valence-electron chi connectivity index (χ4n) is 0. The van der Waals surface area contributed by atoms with Crippen LogP contribution in [-0.2, 0) is 7.56 Å². The van der Waals surface area contributed by atoms with Crippen LogP contribution in [0.1, 0.15) is 0 Å². The fourth-order valence-corrected chi connectivity index (χ4v) is 0. The van der Waals surface area contributed by atoms with Crippen LogP contribution in [0, 0.1) is 0 Å². The summed E-state index contributed by atoms with van der Waals surface area (Å²) in [5.74, 6) is 0. The molecule has 16 heavy (non-hydrogen) atoms. The molecule has 0 atom stereocenters. The number of hydrogen-bond acceptors (Lipinski definition) is 4. The molecule has 16 radical (unpaired) electrons. The fraction of sp³-hybridized carbons (Fsp3) is 0. The monoisotopic (exact) mass is 867 g/mol. The van der Waals surface area contributed by atoms with Crippen molar-refractivity contribution in [3.63, 3.8) is 0 Å². The molecule has 0 saturated carbocycles. The Morgan fingerprint density at radius 3 is 0.562 bits per heavy atom. The molecule has 0 rings (SSSR count). The van der Waals surface area contributed by atoms with Crippen molar-refractivity contribution < 1.29 is 74.9 Å². The molecule has 0 heterocycles. The van der Waals surface area contributed by atoms with Crippen molar-refractivity contribution in [1.82, 2.24) is 0 Å². The Kier molecular flexibility index (Phi) is 724. The van der Waals surface area contributed by atoms with E-state index in [2.05, 4.69) is 0 Å². The van der Waals surface area contributed by atoms with E-state index in [4.69, 9.17) is 15.8 Å². The second kappa shape index (κ2) is 124. The minimum atomic E-state index is -2.00. The molecular formula is H18Ge10Na2O4. The summed E-state index contributed by atoms with van der Waals surface area (Å²) in [6, 6.07) is 0. The zero-order chi connectivity index (χ0) is 5.41. The zero-order valence-corrected chi connectivity index (χ0v) is 45.3. The van der Waals surface area contributed by atoms with Gasteiger partial charge in [0.2, 0.25) is 0 Å². The predicted molar refractivity (Wildman–Crippen MR) is 84.0 cm³/mol. The quantitative estimate of drug-likeness (QED) is 0.227. The van der Waals surface area contributed by atoms with E-state index in [1.807, 2.05) is 0 Å². The van der Waals surface area contributed by atoms with Crippen molar-refractivity contribution in [2.75, 3.05) is 0 Å². The summed E-state index contributed by atoms with van der Waals surface area (Å²) < 4.78 is 34.0. The van der Waals surface area contributed by atoms with Gasteiger partial charge < -0.3 is 0 Å². The van der Waals surface area contributed by atoms with Crippen LogP contribution in [0.3, 0.4) is 0 Å². The SMILES string of the molecule is [GeH2].[GeH2].[GeH2].[GeH2].[GeH2].[GeH2].[GeH3].[GeH3].[Na+].[Na+].[O]=[Ge][O-].[O]=[Ge][O-]. The van der Waals surface area contributed by atoms with Gasteiger partial charge in [-0.3, -0.25) is 0 Å². The summed E-state index contributed by atoms with van der Waals surface area (Å²) in [4.78, 5) is 0. The van der Waals surface area contributed by atoms with Crippen molar-refractivity contribution in [1.29, 1.82) is 0 Å². The van der Waals surface area contributed by atoms with E-state index in [0.717, 1.165) is 0 Å². The Morgan fingerprint density at radius 1 is 0.562 bits per heavy atom. The first-order chi connectivity index (χ1) is 2.83. The molecule has 0 aromatic rings. The van der Waals surface area contributed by atoms with E-state index >= 15 is 0 Å². The van der Waals surface area contributed by atoms with Gasteiger partial charge in [-0.1, -0.05) is 0 Å².